The monoisotopic (exact) mass is 233 g/mol. The lowest BCUT2D eigenvalue weighted by Crippen LogP contribution is -1.89. The van der Waals surface area contributed by atoms with Crippen LogP contribution in [0.3, 0.4) is 0 Å². The summed E-state index contributed by atoms with van der Waals surface area (Å²) in [5, 5.41) is 0.623. The van der Waals surface area contributed by atoms with Crippen LogP contribution in [0, 0.1) is 20.8 Å². The van der Waals surface area contributed by atoms with Gasteiger partial charge in [0.15, 0.2) is 5.13 Å². The van der Waals surface area contributed by atoms with Crippen LogP contribution in [0.1, 0.15) is 23.6 Å². The summed E-state index contributed by atoms with van der Waals surface area (Å²) in [5.41, 5.74) is 11.4. The summed E-state index contributed by atoms with van der Waals surface area (Å²) < 4.78 is 1.15. The summed E-state index contributed by atoms with van der Waals surface area (Å²) in [5.74, 6) is 0. The first-order valence-electron chi connectivity index (χ1n) is 5.20. The molecule has 0 spiro atoms. The van der Waals surface area contributed by atoms with Gasteiger partial charge in [-0.05, 0) is 44.4 Å². The van der Waals surface area contributed by atoms with Crippen molar-refractivity contribution in [3.63, 3.8) is 0 Å². The summed E-state index contributed by atoms with van der Waals surface area (Å²) in [4.78, 5) is 8.82. The number of nitrogens with two attached hydrogens (primary N) is 1. The van der Waals surface area contributed by atoms with Crippen molar-refractivity contribution in [3.05, 3.63) is 16.7 Å². The van der Waals surface area contributed by atoms with E-state index in [4.69, 9.17) is 5.73 Å². The molecule has 3 nitrogen and oxygen atoms in total. The van der Waals surface area contributed by atoms with Gasteiger partial charge in [0, 0.05) is 6.21 Å². The van der Waals surface area contributed by atoms with Crippen LogP contribution in [-0.4, -0.2) is 11.2 Å². The minimum atomic E-state index is 0.623. The molecule has 1 aromatic heterocycles. The number of thiazole rings is 1. The number of hydrogen-bond donors (Lipinski definition) is 1. The van der Waals surface area contributed by atoms with Gasteiger partial charge in [-0.25, -0.2) is 4.98 Å². The van der Waals surface area contributed by atoms with Crippen molar-refractivity contribution < 1.29 is 0 Å². The zero-order chi connectivity index (χ0) is 11.9. The summed E-state index contributed by atoms with van der Waals surface area (Å²) in [6, 6.07) is 0. The zero-order valence-corrected chi connectivity index (χ0v) is 10.8. The highest BCUT2D eigenvalue weighted by molar-refractivity contribution is 7.22. The Bertz CT molecular complexity index is 582. The highest BCUT2D eigenvalue weighted by Gasteiger charge is 2.14. The van der Waals surface area contributed by atoms with E-state index >= 15 is 0 Å². The lowest BCUT2D eigenvalue weighted by Gasteiger charge is -2.09. The number of nitrogens with zero attached hydrogens (tertiary/aromatic N) is 2. The normalized spacial score (nSPS) is 11.8. The van der Waals surface area contributed by atoms with Crippen molar-refractivity contribution >= 4 is 38.6 Å². The van der Waals surface area contributed by atoms with Gasteiger partial charge in [0.2, 0.25) is 0 Å². The number of hydrogen-bond acceptors (Lipinski definition) is 4. The number of nitrogen functional groups attached to an aromatic ring is 1. The van der Waals surface area contributed by atoms with E-state index in [1.807, 2.05) is 13.1 Å². The number of benzene rings is 1. The van der Waals surface area contributed by atoms with Gasteiger partial charge in [0.05, 0.1) is 15.9 Å². The second-order valence-electron chi connectivity index (χ2n) is 3.84. The molecule has 2 aromatic rings. The Hall–Kier alpha value is -1.42. The third-order valence-corrected chi connectivity index (χ3v) is 3.87. The van der Waals surface area contributed by atoms with Crippen molar-refractivity contribution in [3.8, 4) is 0 Å². The van der Waals surface area contributed by atoms with Crippen molar-refractivity contribution in [2.75, 3.05) is 5.73 Å². The predicted molar refractivity (Wildman–Crippen MR) is 72.1 cm³/mol. The summed E-state index contributed by atoms with van der Waals surface area (Å²) in [7, 11) is 0. The molecule has 0 atom stereocenters. The first-order chi connectivity index (χ1) is 7.56. The number of aromatic nitrogens is 1. The van der Waals surface area contributed by atoms with Crippen LogP contribution in [0.5, 0.6) is 0 Å². The largest absolute Gasteiger partial charge is 0.375 e. The van der Waals surface area contributed by atoms with Gasteiger partial charge in [0.25, 0.3) is 0 Å². The average molecular weight is 233 g/mol. The second kappa shape index (κ2) is 3.87. The maximum Gasteiger partial charge on any atom is 0.181 e. The minimum Gasteiger partial charge on any atom is -0.375 e. The maximum absolute atomic E-state index is 5.77. The number of anilines is 1. The molecule has 0 aliphatic carbocycles. The molecule has 0 bridgehead atoms. The van der Waals surface area contributed by atoms with Gasteiger partial charge in [-0.2, -0.15) is 0 Å². The van der Waals surface area contributed by atoms with E-state index in [0.29, 0.717) is 5.13 Å². The second-order valence-corrected chi connectivity index (χ2v) is 4.87. The SMILES string of the molecule is CC=Nc1c(C)c(C)c2nc(N)sc2c1C. The van der Waals surface area contributed by atoms with E-state index < -0.39 is 0 Å². The Kier molecular flexibility index (Phi) is 2.68. The van der Waals surface area contributed by atoms with Gasteiger partial charge in [0.1, 0.15) is 0 Å². The molecule has 0 saturated heterocycles. The quantitative estimate of drug-likeness (QED) is 0.766. The topological polar surface area (TPSA) is 51.3 Å². The van der Waals surface area contributed by atoms with Crippen molar-refractivity contribution in [1.29, 1.82) is 0 Å². The van der Waals surface area contributed by atoms with E-state index in [9.17, 15) is 0 Å². The molecule has 4 heteroatoms. The van der Waals surface area contributed by atoms with Gasteiger partial charge >= 0.3 is 0 Å². The van der Waals surface area contributed by atoms with E-state index in [0.717, 1.165) is 15.9 Å². The number of aliphatic imine (C=N–C) groups is 1. The molecule has 84 valence electrons. The molecule has 0 amide bonds. The van der Waals surface area contributed by atoms with Gasteiger partial charge in [-0.3, -0.25) is 4.99 Å². The lowest BCUT2D eigenvalue weighted by molar-refractivity contribution is 1.29. The van der Waals surface area contributed by atoms with Crippen LogP contribution in [-0.2, 0) is 0 Å². The van der Waals surface area contributed by atoms with Crippen molar-refractivity contribution in [2.45, 2.75) is 27.7 Å². The van der Waals surface area contributed by atoms with E-state index in [1.165, 1.54) is 28.0 Å². The van der Waals surface area contributed by atoms with Crippen LogP contribution in [0.4, 0.5) is 10.8 Å². The Morgan fingerprint density at radius 3 is 2.50 bits per heavy atom. The molecule has 0 aliphatic heterocycles. The molecule has 2 N–H and O–H groups in total. The number of rotatable bonds is 1. The van der Waals surface area contributed by atoms with E-state index in [2.05, 4.69) is 30.7 Å². The van der Waals surface area contributed by atoms with Crippen molar-refractivity contribution in [2.24, 2.45) is 4.99 Å². The van der Waals surface area contributed by atoms with Crippen LogP contribution >= 0.6 is 11.3 Å². The Labute approximate surface area is 99.0 Å². The molecular formula is C12H15N3S. The van der Waals surface area contributed by atoms with Crippen molar-refractivity contribution in [1.82, 2.24) is 4.98 Å². The van der Waals surface area contributed by atoms with Crippen LogP contribution in [0.2, 0.25) is 0 Å². The maximum atomic E-state index is 5.77. The van der Waals surface area contributed by atoms with Crippen LogP contribution in [0.15, 0.2) is 4.99 Å². The van der Waals surface area contributed by atoms with Gasteiger partial charge in [-0.15, -0.1) is 0 Å². The number of fused-ring (bicyclic) bond motifs is 1. The lowest BCUT2D eigenvalue weighted by atomic mass is 10.0. The van der Waals surface area contributed by atoms with E-state index in [-0.39, 0.29) is 0 Å². The standard InChI is InChI=1S/C12H15N3S/c1-5-14-9-6(2)7(3)10-11(8(9)4)16-12(13)15-10/h5H,1-4H3,(H2,13,15). The molecular weight excluding hydrogens is 218 g/mol. The Morgan fingerprint density at radius 2 is 1.88 bits per heavy atom. The Morgan fingerprint density at radius 1 is 1.19 bits per heavy atom. The third kappa shape index (κ3) is 1.50. The van der Waals surface area contributed by atoms with E-state index in [1.54, 1.807) is 0 Å². The molecule has 1 heterocycles. The molecule has 0 fully saturated rings. The number of aryl methyl sites for hydroxylation is 2. The molecule has 1 aromatic carbocycles. The first-order valence-corrected chi connectivity index (χ1v) is 6.02. The molecule has 0 unspecified atom stereocenters. The highest BCUT2D eigenvalue weighted by Crippen LogP contribution is 2.38. The van der Waals surface area contributed by atoms with Gasteiger partial charge < -0.3 is 5.73 Å². The molecule has 16 heavy (non-hydrogen) atoms. The smallest absolute Gasteiger partial charge is 0.181 e. The van der Waals surface area contributed by atoms with Crippen LogP contribution < -0.4 is 5.73 Å². The molecule has 2 rings (SSSR count). The Balaban J connectivity index is 2.93. The fourth-order valence-corrected chi connectivity index (χ4v) is 2.80. The fourth-order valence-electron chi connectivity index (χ4n) is 1.91. The minimum absolute atomic E-state index is 0.623. The van der Waals surface area contributed by atoms with Gasteiger partial charge in [-0.1, -0.05) is 11.3 Å². The molecule has 0 radical (unpaired) electrons. The summed E-state index contributed by atoms with van der Waals surface area (Å²) >= 11 is 1.53. The summed E-state index contributed by atoms with van der Waals surface area (Å²) in [6.45, 7) is 8.17. The average Bonchev–Trinajstić information content (AvgIpc) is 2.64. The first kappa shape index (κ1) is 11.1. The fraction of sp³-hybridized carbons (Fsp3) is 0.333. The van der Waals surface area contributed by atoms with Crippen LogP contribution in [0.25, 0.3) is 10.2 Å². The highest BCUT2D eigenvalue weighted by atomic mass is 32.1. The summed E-state index contributed by atoms with van der Waals surface area (Å²) in [6.07, 6.45) is 1.82. The molecule has 0 aliphatic rings. The zero-order valence-electron chi connectivity index (χ0n) is 9.96. The molecule has 0 saturated carbocycles. The third-order valence-electron chi connectivity index (χ3n) is 2.87. The predicted octanol–water partition coefficient (Wildman–Crippen LogP) is 3.53.